The molecule has 0 N–H and O–H groups in total. The molecular weight excluding hydrogens is 114 g/mol. The molecule has 0 bridgehead atoms. The highest BCUT2D eigenvalue weighted by Gasteiger charge is 2.02. The summed E-state index contributed by atoms with van der Waals surface area (Å²) in [5.41, 5.74) is 0. The average molecular weight is 127 g/mol. The third-order valence-electron chi connectivity index (χ3n) is 1.36. The molecule has 0 saturated carbocycles. The van der Waals surface area contributed by atoms with E-state index >= 15 is 0 Å². The number of carbonyl (C=O) groups is 1. The molecule has 52 valence electrons. The van der Waals surface area contributed by atoms with Crippen LogP contribution >= 0.6 is 0 Å². The number of hydrogen-bond acceptors (Lipinski definition) is 1. The summed E-state index contributed by atoms with van der Waals surface area (Å²) in [6.07, 6.45) is 2.59. The van der Waals surface area contributed by atoms with Crippen LogP contribution in [0.3, 0.4) is 0 Å². The van der Waals surface area contributed by atoms with Gasteiger partial charge < -0.3 is 4.90 Å². The Labute approximate surface area is 56.2 Å². The van der Waals surface area contributed by atoms with Crippen LogP contribution in [0.15, 0.2) is 12.7 Å². The molecular formula is C7H13NO. The number of amides is 1. The van der Waals surface area contributed by atoms with Crippen molar-refractivity contribution < 1.29 is 4.79 Å². The van der Waals surface area contributed by atoms with E-state index in [9.17, 15) is 4.79 Å². The molecule has 0 aliphatic carbocycles. The largest absolute Gasteiger partial charge is 0.339 e. The van der Waals surface area contributed by atoms with Crippen LogP contribution in [0.25, 0.3) is 0 Å². The molecule has 0 rings (SSSR count). The first kappa shape index (κ1) is 8.21. The van der Waals surface area contributed by atoms with Crippen molar-refractivity contribution in [2.45, 2.75) is 19.9 Å². The fourth-order valence-corrected chi connectivity index (χ4v) is 0.594. The van der Waals surface area contributed by atoms with E-state index in [1.807, 2.05) is 13.8 Å². The highest BCUT2D eigenvalue weighted by molar-refractivity contribution is 5.48. The van der Waals surface area contributed by atoms with Gasteiger partial charge in [0.25, 0.3) is 0 Å². The molecule has 1 atom stereocenters. The van der Waals surface area contributed by atoms with Gasteiger partial charge in [-0.1, -0.05) is 6.08 Å². The molecule has 0 spiro atoms. The van der Waals surface area contributed by atoms with Gasteiger partial charge >= 0.3 is 0 Å². The maximum absolute atomic E-state index is 10.2. The lowest BCUT2D eigenvalue weighted by atomic mass is 10.3. The fraction of sp³-hybridized carbons (Fsp3) is 0.571. The minimum absolute atomic E-state index is 0.160. The normalized spacial score (nSPS) is 12.2. The standard InChI is InChI=1S/C7H13NO/c1-4-7(3)8(5-2)6-9/h4,6-7H,1,5H2,2-3H3. The first-order chi connectivity index (χ1) is 4.26. The van der Waals surface area contributed by atoms with E-state index in [0.717, 1.165) is 13.0 Å². The zero-order chi connectivity index (χ0) is 7.28. The highest BCUT2D eigenvalue weighted by Crippen LogP contribution is 1.93. The van der Waals surface area contributed by atoms with Crippen LogP contribution in [-0.2, 0) is 4.79 Å². The molecule has 0 heterocycles. The number of carbonyl (C=O) groups excluding carboxylic acids is 1. The van der Waals surface area contributed by atoms with Crippen molar-refractivity contribution in [2.24, 2.45) is 0 Å². The van der Waals surface area contributed by atoms with Gasteiger partial charge in [0, 0.05) is 12.6 Å². The number of likely N-dealkylation sites (N-methyl/N-ethyl adjacent to an activating group) is 1. The highest BCUT2D eigenvalue weighted by atomic mass is 16.1. The lowest BCUT2D eigenvalue weighted by Crippen LogP contribution is -2.29. The van der Waals surface area contributed by atoms with Gasteiger partial charge in [-0.05, 0) is 13.8 Å². The summed E-state index contributed by atoms with van der Waals surface area (Å²) in [5, 5.41) is 0. The third kappa shape index (κ3) is 2.31. The topological polar surface area (TPSA) is 20.3 Å². The van der Waals surface area contributed by atoms with Crippen molar-refractivity contribution >= 4 is 6.41 Å². The van der Waals surface area contributed by atoms with Crippen LogP contribution in [0.1, 0.15) is 13.8 Å². The Balaban J connectivity index is 3.77. The second-order valence-electron chi connectivity index (χ2n) is 1.91. The number of hydrogen-bond donors (Lipinski definition) is 0. The van der Waals surface area contributed by atoms with E-state index in [1.54, 1.807) is 11.0 Å². The SMILES string of the molecule is C=CC(C)N(C=O)CC. The van der Waals surface area contributed by atoms with Crippen molar-refractivity contribution in [1.82, 2.24) is 4.90 Å². The maximum Gasteiger partial charge on any atom is 0.210 e. The molecule has 9 heavy (non-hydrogen) atoms. The van der Waals surface area contributed by atoms with Gasteiger partial charge in [0.05, 0.1) is 0 Å². The molecule has 0 aliphatic heterocycles. The molecule has 0 aromatic heterocycles. The zero-order valence-corrected chi connectivity index (χ0v) is 6.00. The van der Waals surface area contributed by atoms with Gasteiger partial charge in [0.1, 0.15) is 0 Å². The third-order valence-corrected chi connectivity index (χ3v) is 1.36. The summed E-state index contributed by atoms with van der Waals surface area (Å²) >= 11 is 0. The van der Waals surface area contributed by atoms with Crippen molar-refractivity contribution in [3.05, 3.63) is 12.7 Å². The summed E-state index contributed by atoms with van der Waals surface area (Å²) < 4.78 is 0. The minimum Gasteiger partial charge on any atom is -0.339 e. The van der Waals surface area contributed by atoms with Crippen molar-refractivity contribution in [2.75, 3.05) is 6.54 Å². The van der Waals surface area contributed by atoms with Crippen LogP contribution < -0.4 is 0 Å². The Bertz CT molecular complexity index is 101. The number of rotatable bonds is 4. The molecule has 2 heteroatoms. The lowest BCUT2D eigenvalue weighted by molar-refractivity contribution is -0.118. The second-order valence-corrected chi connectivity index (χ2v) is 1.91. The van der Waals surface area contributed by atoms with Crippen LogP contribution in [-0.4, -0.2) is 23.9 Å². The second kappa shape index (κ2) is 4.13. The van der Waals surface area contributed by atoms with E-state index in [2.05, 4.69) is 6.58 Å². The molecule has 2 nitrogen and oxygen atoms in total. The average Bonchev–Trinajstić information content (AvgIpc) is 1.90. The van der Waals surface area contributed by atoms with Gasteiger partial charge in [-0.25, -0.2) is 0 Å². The smallest absolute Gasteiger partial charge is 0.210 e. The molecule has 0 aromatic rings. The molecule has 1 amide bonds. The quantitative estimate of drug-likeness (QED) is 0.408. The summed E-state index contributed by atoms with van der Waals surface area (Å²) in [6, 6.07) is 0.160. The van der Waals surface area contributed by atoms with Crippen molar-refractivity contribution in [1.29, 1.82) is 0 Å². The summed E-state index contributed by atoms with van der Waals surface area (Å²) in [6.45, 7) is 8.20. The fourth-order valence-electron chi connectivity index (χ4n) is 0.594. The van der Waals surface area contributed by atoms with Crippen LogP contribution in [0.2, 0.25) is 0 Å². The molecule has 0 saturated heterocycles. The minimum atomic E-state index is 0.160. The van der Waals surface area contributed by atoms with Gasteiger partial charge in [0.2, 0.25) is 6.41 Å². The van der Waals surface area contributed by atoms with Crippen molar-refractivity contribution in [3.8, 4) is 0 Å². The molecule has 1 unspecified atom stereocenters. The number of nitrogens with zero attached hydrogens (tertiary/aromatic N) is 1. The van der Waals surface area contributed by atoms with E-state index in [0.29, 0.717) is 0 Å². The molecule has 0 aliphatic rings. The Morgan fingerprint density at radius 1 is 1.78 bits per heavy atom. The van der Waals surface area contributed by atoms with Gasteiger partial charge in [0.15, 0.2) is 0 Å². The molecule has 0 aromatic carbocycles. The van der Waals surface area contributed by atoms with E-state index < -0.39 is 0 Å². The van der Waals surface area contributed by atoms with Gasteiger partial charge in [-0.15, -0.1) is 6.58 Å². The van der Waals surface area contributed by atoms with Crippen LogP contribution in [0.5, 0.6) is 0 Å². The van der Waals surface area contributed by atoms with Crippen LogP contribution in [0, 0.1) is 0 Å². The van der Waals surface area contributed by atoms with Crippen molar-refractivity contribution in [3.63, 3.8) is 0 Å². The predicted octanol–water partition coefficient (Wildman–Crippen LogP) is 1.04. The first-order valence-electron chi connectivity index (χ1n) is 3.09. The van der Waals surface area contributed by atoms with Gasteiger partial charge in [-0.2, -0.15) is 0 Å². The Kier molecular flexibility index (Phi) is 3.76. The predicted molar refractivity (Wildman–Crippen MR) is 38.1 cm³/mol. The van der Waals surface area contributed by atoms with E-state index in [-0.39, 0.29) is 6.04 Å². The molecule has 0 radical (unpaired) electrons. The summed E-state index contributed by atoms with van der Waals surface area (Å²) in [4.78, 5) is 11.9. The zero-order valence-electron chi connectivity index (χ0n) is 6.00. The first-order valence-corrected chi connectivity index (χ1v) is 3.09. The van der Waals surface area contributed by atoms with E-state index in [4.69, 9.17) is 0 Å². The Morgan fingerprint density at radius 2 is 2.33 bits per heavy atom. The van der Waals surface area contributed by atoms with Crippen LogP contribution in [0.4, 0.5) is 0 Å². The Morgan fingerprint density at radius 3 is 2.44 bits per heavy atom. The van der Waals surface area contributed by atoms with Gasteiger partial charge in [-0.3, -0.25) is 4.79 Å². The summed E-state index contributed by atoms with van der Waals surface area (Å²) in [5.74, 6) is 0. The monoisotopic (exact) mass is 127 g/mol. The van der Waals surface area contributed by atoms with E-state index in [1.165, 1.54) is 0 Å². The lowest BCUT2D eigenvalue weighted by Gasteiger charge is -2.19. The maximum atomic E-state index is 10.2. The summed E-state index contributed by atoms with van der Waals surface area (Å²) in [7, 11) is 0. The molecule has 0 fully saturated rings. The Hall–Kier alpha value is -0.790.